The van der Waals surface area contributed by atoms with Crippen LogP contribution in [0.3, 0.4) is 0 Å². The van der Waals surface area contributed by atoms with Gasteiger partial charge >= 0.3 is 0 Å². The highest BCUT2D eigenvalue weighted by Crippen LogP contribution is 2.28. The molecule has 1 unspecified atom stereocenters. The van der Waals surface area contributed by atoms with Gasteiger partial charge in [-0.05, 0) is 42.8 Å². The molecule has 3 N–H and O–H groups in total. The van der Waals surface area contributed by atoms with Gasteiger partial charge in [-0.3, -0.25) is 14.4 Å². The minimum absolute atomic E-state index is 0.189. The number of nitrogens with zero attached hydrogens (tertiary/aromatic N) is 2. The molecule has 34 heavy (non-hydrogen) atoms. The van der Waals surface area contributed by atoms with Crippen molar-refractivity contribution in [1.29, 1.82) is 0 Å². The number of halogens is 1. The Morgan fingerprint density at radius 2 is 2.06 bits per heavy atom. The quantitative estimate of drug-likeness (QED) is 0.391. The first kappa shape index (κ1) is 22.1. The fourth-order valence-corrected chi connectivity index (χ4v) is 4.90. The Kier molecular flexibility index (Phi) is 5.80. The molecule has 0 saturated heterocycles. The molecule has 0 spiro atoms. The molecule has 5 rings (SSSR count). The van der Waals surface area contributed by atoms with Gasteiger partial charge in [-0.25, -0.2) is 4.98 Å². The number of hydrogen-bond donors (Lipinski definition) is 3. The second-order valence-electron chi connectivity index (χ2n) is 8.04. The molecule has 172 valence electrons. The highest BCUT2D eigenvalue weighted by Gasteiger charge is 2.35. The molecule has 8 nitrogen and oxygen atoms in total. The summed E-state index contributed by atoms with van der Waals surface area (Å²) in [6.45, 7) is 1.65. The molecule has 1 aliphatic rings. The van der Waals surface area contributed by atoms with Gasteiger partial charge in [0, 0.05) is 33.4 Å². The lowest BCUT2D eigenvalue weighted by atomic mass is 9.97. The van der Waals surface area contributed by atoms with E-state index < -0.39 is 11.9 Å². The predicted molar refractivity (Wildman–Crippen MR) is 133 cm³/mol. The summed E-state index contributed by atoms with van der Waals surface area (Å²) in [4.78, 5) is 47.7. The van der Waals surface area contributed by atoms with E-state index in [1.165, 1.54) is 16.2 Å². The lowest BCUT2D eigenvalue weighted by Gasteiger charge is -2.34. The minimum atomic E-state index is -0.813. The van der Waals surface area contributed by atoms with Crippen molar-refractivity contribution in [2.45, 2.75) is 19.4 Å². The van der Waals surface area contributed by atoms with Crippen LogP contribution in [0.25, 0.3) is 10.9 Å². The van der Waals surface area contributed by atoms with E-state index in [0.717, 1.165) is 22.2 Å². The normalized spacial score (nSPS) is 15.3. The molecular formula is C24H20ClN5O3S. The number of anilines is 2. The predicted octanol–water partition coefficient (Wildman–Crippen LogP) is 3.91. The Bertz CT molecular complexity index is 1430. The molecule has 1 aliphatic heterocycles. The molecule has 0 bridgehead atoms. The van der Waals surface area contributed by atoms with E-state index in [0.29, 0.717) is 28.0 Å². The lowest BCUT2D eigenvalue weighted by molar-refractivity contribution is -0.123. The number of para-hydroxylation sites is 1. The van der Waals surface area contributed by atoms with Gasteiger partial charge in [0.05, 0.1) is 5.69 Å². The van der Waals surface area contributed by atoms with Gasteiger partial charge < -0.3 is 20.5 Å². The third kappa shape index (κ3) is 4.40. The van der Waals surface area contributed by atoms with Crippen LogP contribution >= 0.6 is 22.9 Å². The molecule has 3 amide bonds. The lowest BCUT2D eigenvalue weighted by Crippen LogP contribution is -2.54. The Hall–Kier alpha value is -3.69. The summed E-state index contributed by atoms with van der Waals surface area (Å²) in [6.07, 6.45) is 0.330. The van der Waals surface area contributed by atoms with Gasteiger partial charge in [0.2, 0.25) is 11.8 Å². The molecule has 0 fully saturated rings. The Morgan fingerprint density at radius 3 is 2.85 bits per heavy atom. The third-order valence-electron chi connectivity index (χ3n) is 5.57. The molecular weight excluding hydrogens is 474 g/mol. The largest absolute Gasteiger partial charge is 0.351 e. The molecule has 0 radical (unpaired) electrons. The fourth-order valence-electron chi connectivity index (χ4n) is 4.01. The molecule has 10 heteroatoms. The number of fused-ring (bicyclic) bond motifs is 2. The maximum atomic E-state index is 13.4. The Balaban J connectivity index is 1.36. The number of rotatable bonds is 5. The van der Waals surface area contributed by atoms with Crippen LogP contribution < -0.4 is 15.5 Å². The van der Waals surface area contributed by atoms with Crippen LogP contribution in [-0.2, 0) is 16.0 Å². The molecule has 0 saturated carbocycles. The van der Waals surface area contributed by atoms with Crippen LogP contribution in [0, 0.1) is 6.92 Å². The van der Waals surface area contributed by atoms with Crippen LogP contribution in [0.5, 0.6) is 0 Å². The van der Waals surface area contributed by atoms with Gasteiger partial charge in [0.25, 0.3) is 5.91 Å². The number of aromatic nitrogens is 2. The molecule has 4 aromatic rings. The van der Waals surface area contributed by atoms with E-state index in [-0.39, 0.29) is 18.4 Å². The minimum Gasteiger partial charge on any atom is -0.351 e. The summed E-state index contributed by atoms with van der Waals surface area (Å²) in [5.74, 6) is -1.12. The number of nitrogens with one attached hydrogen (secondary N) is 3. The maximum Gasteiger partial charge on any atom is 0.268 e. The van der Waals surface area contributed by atoms with Crippen molar-refractivity contribution in [2.24, 2.45) is 0 Å². The second kappa shape index (κ2) is 8.92. The Morgan fingerprint density at radius 1 is 1.24 bits per heavy atom. The number of carbonyl (C=O) groups is 3. The van der Waals surface area contributed by atoms with Gasteiger partial charge in [0.15, 0.2) is 5.13 Å². The van der Waals surface area contributed by atoms with Gasteiger partial charge in [0.1, 0.15) is 18.3 Å². The van der Waals surface area contributed by atoms with E-state index in [1.54, 1.807) is 30.3 Å². The summed E-state index contributed by atoms with van der Waals surface area (Å²) >= 11 is 7.36. The van der Waals surface area contributed by atoms with Crippen LogP contribution in [0.15, 0.2) is 53.9 Å². The zero-order valence-corrected chi connectivity index (χ0v) is 19.7. The third-order valence-corrected chi connectivity index (χ3v) is 6.68. The average molecular weight is 494 g/mol. The smallest absolute Gasteiger partial charge is 0.268 e. The van der Waals surface area contributed by atoms with Gasteiger partial charge in [-0.15, -0.1) is 11.3 Å². The van der Waals surface area contributed by atoms with Crippen molar-refractivity contribution in [3.63, 3.8) is 0 Å². The van der Waals surface area contributed by atoms with Crippen molar-refractivity contribution in [2.75, 3.05) is 16.8 Å². The van der Waals surface area contributed by atoms with E-state index in [9.17, 15) is 14.4 Å². The summed E-state index contributed by atoms with van der Waals surface area (Å²) in [6, 6.07) is 13.5. The number of carbonyl (C=O) groups excluding carboxylic acids is 3. The standard InChI is InChI=1S/C24H20ClN5O3S/c1-13-12-34-24(26-13)29-21(31)11-30-20-5-3-2-4-14(20)9-19(23(30)33)28-22(32)18-10-15-8-16(25)6-7-17(15)27-18/h2-8,10,12,19,27H,9,11H2,1H3,(H,28,32)(H,26,29,31). The molecule has 0 aliphatic carbocycles. The first-order valence-electron chi connectivity index (χ1n) is 10.6. The number of thiazole rings is 1. The number of aryl methyl sites for hydroxylation is 1. The first-order valence-corrected chi connectivity index (χ1v) is 11.8. The molecule has 3 heterocycles. The van der Waals surface area contributed by atoms with Crippen molar-refractivity contribution in [1.82, 2.24) is 15.3 Å². The molecule has 2 aromatic heterocycles. The summed E-state index contributed by atoms with van der Waals surface area (Å²) in [7, 11) is 0. The second-order valence-corrected chi connectivity index (χ2v) is 9.33. The zero-order valence-electron chi connectivity index (χ0n) is 18.1. The van der Waals surface area contributed by atoms with Crippen LogP contribution in [0.1, 0.15) is 21.7 Å². The van der Waals surface area contributed by atoms with Crippen molar-refractivity contribution in [3.8, 4) is 0 Å². The average Bonchev–Trinajstić information content (AvgIpc) is 3.42. The van der Waals surface area contributed by atoms with Crippen LogP contribution in [0.2, 0.25) is 5.02 Å². The van der Waals surface area contributed by atoms with Gasteiger partial charge in [-0.2, -0.15) is 0 Å². The number of H-pyrrole nitrogens is 1. The maximum absolute atomic E-state index is 13.4. The van der Waals surface area contributed by atoms with Gasteiger partial charge in [-0.1, -0.05) is 29.8 Å². The highest BCUT2D eigenvalue weighted by atomic mass is 35.5. The number of hydrogen-bond acceptors (Lipinski definition) is 5. The van der Waals surface area contributed by atoms with Crippen molar-refractivity contribution < 1.29 is 14.4 Å². The van der Waals surface area contributed by atoms with E-state index in [4.69, 9.17) is 11.6 Å². The van der Waals surface area contributed by atoms with Crippen LogP contribution in [0.4, 0.5) is 10.8 Å². The van der Waals surface area contributed by atoms with E-state index in [2.05, 4.69) is 20.6 Å². The van der Waals surface area contributed by atoms with Crippen molar-refractivity contribution in [3.05, 3.63) is 75.9 Å². The van der Waals surface area contributed by atoms with Crippen LogP contribution in [-0.4, -0.2) is 40.3 Å². The number of aromatic amines is 1. The molecule has 1 atom stereocenters. The van der Waals surface area contributed by atoms with E-state index in [1.807, 2.05) is 30.5 Å². The SMILES string of the molecule is Cc1csc(NC(=O)CN2C(=O)C(NC(=O)c3cc4cc(Cl)ccc4[nH]3)Cc3ccccc32)n1. The summed E-state index contributed by atoms with van der Waals surface area (Å²) in [5.41, 5.74) is 3.43. The monoisotopic (exact) mass is 493 g/mol. The number of benzene rings is 2. The highest BCUT2D eigenvalue weighted by molar-refractivity contribution is 7.13. The first-order chi connectivity index (χ1) is 16.4. The zero-order chi connectivity index (χ0) is 23.8. The summed E-state index contributed by atoms with van der Waals surface area (Å²) in [5, 5.41) is 9.23. The van der Waals surface area contributed by atoms with Crippen molar-refractivity contribution >= 4 is 62.4 Å². The van der Waals surface area contributed by atoms with E-state index >= 15 is 0 Å². The Labute approximate surface area is 203 Å². The topological polar surface area (TPSA) is 107 Å². The molecule has 2 aromatic carbocycles. The fraction of sp³-hybridized carbons (Fsp3) is 0.167. The summed E-state index contributed by atoms with van der Waals surface area (Å²) < 4.78 is 0. The number of amides is 3.